The Bertz CT molecular complexity index is 3650. The lowest BCUT2D eigenvalue weighted by molar-refractivity contribution is -0.143. The third kappa shape index (κ3) is 17.4. The Morgan fingerprint density at radius 3 is 2.02 bits per heavy atom. The van der Waals surface area contributed by atoms with Crippen LogP contribution < -0.4 is 10.2 Å². The van der Waals surface area contributed by atoms with Gasteiger partial charge in [0.15, 0.2) is 5.69 Å². The number of rotatable bonds is 26. The number of nitrogens with one attached hydrogen (secondary N) is 1. The molecule has 10 rings (SSSR count). The van der Waals surface area contributed by atoms with Crippen LogP contribution in [0.5, 0.6) is 0 Å². The summed E-state index contributed by atoms with van der Waals surface area (Å²) >= 11 is 0. The number of carbonyl (C=O) groups excluding carboxylic acids is 4. The summed E-state index contributed by atoms with van der Waals surface area (Å²) in [5.41, 5.74) is -0.239. The molecule has 0 bridgehead atoms. The summed E-state index contributed by atoms with van der Waals surface area (Å²) in [5, 5.41) is 22.0. The summed E-state index contributed by atoms with van der Waals surface area (Å²) in [6.45, 7) is 4.85. The van der Waals surface area contributed by atoms with Crippen LogP contribution in [0.2, 0.25) is 0 Å². The fraction of sp³-hybridized carbons (Fsp3) is 0.458. The van der Waals surface area contributed by atoms with E-state index in [-0.39, 0.29) is 61.2 Å². The van der Waals surface area contributed by atoms with Gasteiger partial charge in [-0.25, -0.2) is 9.18 Å². The number of carbonyl (C=O) groups is 5. The molecular weight excluding hydrogens is 1270 g/mol. The molecule has 1 spiro atoms. The summed E-state index contributed by atoms with van der Waals surface area (Å²) in [6.07, 6.45) is -4.77. The van der Waals surface area contributed by atoms with E-state index in [9.17, 15) is 59.8 Å². The molecule has 6 aromatic rings. The summed E-state index contributed by atoms with van der Waals surface area (Å²) in [5.74, 6) is -1.56. The molecule has 3 aliphatic heterocycles. The second-order valence-electron chi connectivity index (χ2n) is 25.8. The van der Waals surface area contributed by atoms with Gasteiger partial charge in [-0.05, 0) is 142 Å². The van der Waals surface area contributed by atoms with Gasteiger partial charge in [-0.15, -0.1) is 10.2 Å². The van der Waals surface area contributed by atoms with E-state index < -0.39 is 64.6 Å². The molecule has 0 unspecified atom stereocenters. The maximum atomic E-state index is 14.2. The Morgan fingerprint density at radius 2 is 1.34 bits per heavy atom. The standard InChI is InChI=1S/C72H83F7N10O8/c1-83(34-14-35-85(3)67(93)60-26-27-63(82-81-60)80-33-13-5-8-21-64(90)84(2)41-42-86-36-28-57(29-37-86)89(68(94)95)61-20-12-10-18-58(61)50-15-6-4-7-16-50)65(91)47-96-62-45-51-17-9-11-19-59(51)69(62)30-38-87(39-31-69)40-32-70(53-22-24-56(73)25-23-53)48-88(49-97-70)66(92)52-43-54(71(74,75)76)46-55(44-52)72(77,78)79/h4,6-7,9-12,15-20,22-27,43-44,46,57,62H,5,8,13-14,21,28-42,45,47-49H2,1-3H3,(H,80,82)(H,94,95)/t62-,70+/m0/s1. The van der Waals surface area contributed by atoms with E-state index in [0.29, 0.717) is 127 Å². The molecule has 5 amide bonds. The van der Waals surface area contributed by atoms with Gasteiger partial charge < -0.3 is 49.3 Å². The summed E-state index contributed by atoms with van der Waals surface area (Å²) < 4.78 is 110. The van der Waals surface area contributed by atoms with Gasteiger partial charge >= 0.3 is 18.4 Å². The molecule has 1 aromatic heterocycles. The zero-order valence-corrected chi connectivity index (χ0v) is 54.8. The van der Waals surface area contributed by atoms with Crippen LogP contribution in [-0.4, -0.2) is 193 Å². The Hall–Kier alpha value is -8.52. The zero-order chi connectivity index (χ0) is 69.1. The van der Waals surface area contributed by atoms with Crippen LogP contribution in [-0.2, 0) is 48.9 Å². The lowest BCUT2D eigenvalue weighted by Crippen LogP contribution is -2.50. The van der Waals surface area contributed by atoms with E-state index in [1.807, 2.05) is 73.8 Å². The number of para-hydroxylation sites is 1. The van der Waals surface area contributed by atoms with Crippen LogP contribution in [0.25, 0.3) is 11.1 Å². The molecule has 18 nitrogen and oxygen atoms in total. The van der Waals surface area contributed by atoms with Crippen LogP contribution in [0.4, 0.5) is 47.0 Å². The zero-order valence-electron chi connectivity index (χ0n) is 54.8. The van der Waals surface area contributed by atoms with Crippen molar-refractivity contribution in [2.75, 3.05) is 117 Å². The number of anilines is 2. The molecule has 0 saturated carbocycles. The second kappa shape index (κ2) is 31.3. The van der Waals surface area contributed by atoms with Crippen molar-refractivity contribution in [3.8, 4) is 11.1 Å². The monoisotopic (exact) mass is 1350 g/mol. The van der Waals surface area contributed by atoms with Gasteiger partial charge in [0.25, 0.3) is 11.8 Å². The predicted molar refractivity (Wildman–Crippen MR) is 351 cm³/mol. The molecule has 1 aliphatic carbocycles. The molecule has 25 heteroatoms. The SMILES string of the molecule is CN(CCN1CCC(N(C(=O)O)c2ccccc2-c2ccccc2)CC1)C(=O)CCCCCNc1ccc(C(=O)N(C)CCCN(C)C(=O)CO[C@H]2Cc3ccccc3C23CCN(CC[C@]2(c4ccc(F)cc4)CN(C(=O)c4cc(C(F)(F)F)cc(C(F)(F)F)c4)CO2)CC3)nn1. The number of alkyl halides is 6. The maximum absolute atomic E-state index is 14.2. The molecule has 2 atom stereocenters. The van der Waals surface area contributed by atoms with E-state index >= 15 is 0 Å². The number of piperidine rings is 2. The Labute approximate surface area is 560 Å². The number of hydrogen-bond donors (Lipinski definition) is 2. The highest BCUT2D eigenvalue weighted by Gasteiger charge is 2.50. The third-order valence-corrected chi connectivity index (χ3v) is 19.6. The van der Waals surface area contributed by atoms with Crippen LogP contribution in [0.15, 0.2) is 133 Å². The molecule has 5 aromatic carbocycles. The van der Waals surface area contributed by atoms with Crippen LogP contribution in [0, 0.1) is 5.82 Å². The number of fused-ring (bicyclic) bond motifs is 2. The fourth-order valence-electron chi connectivity index (χ4n) is 13.9. The first-order chi connectivity index (χ1) is 46.4. The lowest BCUT2D eigenvalue weighted by Gasteiger charge is -2.44. The van der Waals surface area contributed by atoms with Gasteiger partial charge in [0, 0.05) is 103 Å². The molecule has 4 heterocycles. The van der Waals surface area contributed by atoms with E-state index in [0.717, 1.165) is 59.5 Å². The lowest BCUT2D eigenvalue weighted by atomic mass is 9.72. The normalized spacial score (nSPS) is 18.2. The van der Waals surface area contributed by atoms with Crippen molar-refractivity contribution in [3.63, 3.8) is 0 Å². The van der Waals surface area contributed by atoms with Crippen molar-refractivity contribution in [2.45, 2.75) is 106 Å². The fourth-order valence-corrected chi connectivity index (χ4v) is 13.9. The summed E-state index contributed by atoms with van der Waals surface area (Å²) in [7, 11) is 5.18. The smallest absolute Gasteiger partial charge is 0.416 e. The number of likely N-dealkylation sites (tertiary alicyclic amines) is 2. The van der Waals surface area contributed by atoms with Crippen molar-refractivity contribution < 1.29 is 69.3 Å². The van der Waals surface area contributed by atoms with Crippen molar-refractivity contribution in [2.24, 2.45) is 0 Å². The van der Waals surface area contributed by atoms with Crippen molar-refractivity contribution in [1.82, 2.24) is 39.6 Å². The number of unbranched alkanes of at least 4 members (excludes halogenated alkanes) is 2. The predicted octanol–water partition coefficient (Wildman–Crippen LogP) is 11.7. The Balaban J connectivity index is 0.616. The van der Waals surface area contributed by atoms with Gasteiger partial charge in [-0.3, -0.25) is 24.1 Å². The highest BCUT2D eigenvalue weighted by molar-refractivity contribution is 5.95. The van der Waals surface area contributed by atoms with Crippen LogP contribution >= 0.6 is 0 Å². The van der Waals surface area contributed by atoms with Gasteiger partial charge in [0.05, 0.1) is 29.5 Å². The van der Waals surface area contributed by atoms with E-state index in [2.05, 4.69) is 37.4 Å². The van der Waals surface area contributed by atoms with E-state index in [1.165, 1.54) is 34.1 Å². The number of benzene rings is 5. The van der Waals surface area contributed by atoms with Crippen molar-refractivity contribution in [3.05, 3.63) is 178 Å². The molecule has 4 aliphatic rings. The molecule has 518 valence electrons. The highest BCUT2D eigenvalue weighted by Crippen LogP contribution is 2.49. The largest absolute Gasteiger partial charge is 0.465 e. The minimum absolute atomic E-state index is 0.0323. The minimum atomic E-state index is -5.15. The van der Waals surface area contributed by atoms with Gasteiger partial charge in [-0.1, -0.05) is 91.3 Å². The van der Waals surface area contributed by atoms with Gasteiger partial charge in [0.2, 0.25) is 11.8 Å². The number of likely N-dealkylation sites (N-methyl/N-ethyl adjacent to an activating group) is 2. The quantitative estimate of drug-likeness (QED) is 0.0387. The topological polar surface area (TPSA) is 185 Å². The summed E-state index contributed by atoms with van der Waals surface area (Å²) in [4.78, 5) is 78.4. The number of nitrogens with zero attached hydrogens (tertiary/aromatic N) is 9. The average Bonchev–Trinajstić information content (AvgIpc) is 1.61. The highest BCUT2D eigenvalue weighted by atomic mass is 19.4. The second-order valence-corrected chi connectivity index (χ2v) is 25.8. The number of amides is 5. The van der Waals surface area contributed by atoms with Crippen molar-refractivity contribution >= 4 is 41.2 Å². The molecule has 3 fully saturated rings. The number of hydrogen-bond acceptors (Lipinski definition) is 12. The molecule has 2 N–H and O–H groups in total. The number of aromatic nitrogens is 2. The third-order valence-electron chi connectivity index (χ3n) is 19.6. The van der Waals surface area contributed by atoms with Crippen molar-refractivity contribution in [1.29, 1.82) is 0 Å². The molecule has 3 saturated heterocycles. The Morgan fingerprint density at radius 1 is 0.691 bits per heavy atom. The number of carboxylic acid groups (broad SMARTS) is 1. The number of halogens is 7. The summed E-state index contributed by atoms with van der Waals surface area (Å²) in [6, 6.07) is 34.9. The van der Waals surface area contributed by atoms with Crippen LogP contribution in [0.1, 0.15) is 113 Å². The maximum Gasteiger partial charge on any atom is 0.416 e. The average molecular weight is 1350 g/mol. The van der Waals surface area contributed by atoms with Gasteiger partial charge in [-0.2, -0.15) is 26.3 Å². The van der Waals surface area contributed by atoms with E-state index in [4.69, 9.17) is 9.47 Å². The number of ether oxygens (including phenoxy) is 2. The van der Waals surface area contributed by atoms with Crippen LogP contribution in [0.3, 0.4) is 0 Å². The Kier molecular flexibility index (Phi) is 23.0. The first kappa shape index (κ1) is 71.3. The minimum Gasteiger partial charge on any atom is -0.465 e. The first-order valence-corrected chi connectivity index (χ1v) is 33.0. The van der Waals surface area contributed by atoms with Gasteiger partial charge in [0.1, 0.15) is 30.6 Å². The molecule has 0 radical (unpaired) electrons. The van der Waals surface area contributed by atoms with E-state index in [1.54, 1.807) is 36.0 Å². The molecule has 97 heavy (non-hydrogen) atoms. The first-order valence-electron chi connectivity index (χ1n) is 33.0. The molecular formula is C72H83F7N10O8.